The van der Waals surface area contributed by atoms with Gasteiger partial charge in [0.25, 0.3) is 6.71 Å². The number of anilines is 3. The standard InChI is InChI=1S/C29H26BNO/c1-17-9-10-23-27(16-17)32-26-8-6-7-24-29(26)30(23)28-21(5)12-20(4)15-25(28)31(24)22-13-18(2)11-19(3)14-22/h6-16H,1-5H3. The van der Waals surface area contributed by atoms with Crippen LogP contribution in [0.25, 0.3) is 0 Å². The van der Waals surface area contributed by atoms with E-state index in [1.54, 1.807) is 0 Å². The Balaban J connectivity index is 1.72. The maximum absolute atomic E-state index is 6.49. The van der Waals surface area contributed by atoms with E-state index in [0.29, 0.717) is 0 Å². The summed E-state index contributed by atoms with van der Waals surface area (Å²) in [6.07, 6.45) is 0. The van der Waals surface area contributed by atoms with E-state index in [1.165, 1.54) is 61.3 Å². The molecule has 0 amide bonds. The van der Waals surface area contributed by atoms with Gasteiger partial charge in [0.1, 0.15) is 11.5 Å². The minimum atomic E-state index is 0.170. The first kappa shape index (κ1) is 19.2. The molecule has 2 heterocycles. The SMILES string of the molecule is Cc1cc(C)cc(N2c3cc(C)cc(C)c3B3c4ccc(C)cc4Oc4cccc2c43)c1. The van der Waals surface area contributed by atoms with Crippen LogP contribution in [0, 0.1) is 34.6 Å². The molecule has 0 aliphatic carbocycles. The van der Waals surface area contributed by atoms with Gasteiger partial charge in [-0.3, -0.25) is 0 Å². The summed E-state index contributed by atoms with van der Waals surface area (Å²) >= 11 is 0. The van der Waals surface area contributed by atoms with E-state index in [2.05, 4.69) is 106 Å². The van der Waals surface area contributed by atoms with Crippen LogP contribution in [-0.2, 0) is 0 Å². The van der Waals surface area contributed by atoms with Crippen molar-refractivity contribution in [1.82, 2.24) is 0 Å². The number of hydrogen-bond acceptors (Lipinski definition) is 2. The Bertz CT molecular complexity index is 1400. The van der Waals surface area contributed by atoms with Crippen molar-refractivity contribution >= 4 is 40.2 Å². The molecule has 0 unspecified atom stereocenters. The molecular weight excluding hydrogens is 389 g/mol. The molecule has 0 atom stereocenters. The average Bonchev–Trinajstić information content (AvgIpc) is 2.72. The monoisotopic (exact) mass is 415 g/mol. The van der Waals surface area contributed by atoms with Crippen molar-refractivity contribution in [3.8, 4) is 11.5 Å². The fraction of sp³-hybridized carbons (Fsp3) is 0.172. The lowest BCUT2D eigenvalue weighted by Crippen LogP contribution is -2.60. The summed E-state index contributed by atoms with van der Waals surface area (Å²) in [4.78, 5) is 2.44. The summed E-state index contributed by atoms with van der Waals surface area (Å²) in [5.74, 6) is 1.94. The second-order valence-electron chi connectivity index (χ2n) is 9.46. The predicted octanol–water partition coefficient (Wildman–Crippen LogP) is 5.63. The smallest absolute Gasteiger partial charge is 0.256 e. The van der Waals surface area contributed by atoms with Crippen molar-refractivity contribution in [2.75, 3.05) is 4.90 Å². The summed E-state index contributed by atoms with van der Waals surface area (Å²) in [6, 6.07) is 24.6. The Kier molecular flexibility index (Phi) is 4.07. The summed E-state index contributed by atoms with van der Waals surface area (Å²) in [5, 5.41) is 0. The normalized spacial score (nSPS) is 13.3. The van der Waals surface area contributed by atoms with Crippen molar-refractivity contribution in [3.63, 3.8) is 0 Å². The lowest BCUT2D eigenvalue weighted by molar-refractivity contribution is 0.487. The van der Waals surface area contributed by atoms with Gasteiger partial charge < -0.3 is 9.64 Å². The number of aryl methyl sites for hydroxylation is 5. The van der Waals surface area contributed by atoms with Crippen LogP contribution in [0.15, 0.2) is 66.7 Å². The maximum Gasteiger partial charge on any atom is 0.256 e. The van der Waals surface area contributed by atoms with E-state index in [9.17, 15) is 0 Å². The highest BCUT2D eigenvalue weighted by Gasteiger charge is 2.42. The Morgan fingerprint density at radius 2 is 1.38 bits per heavy atom. The van der Waals surface area contributed by atoms with E-state index in [-0.39, 0.29) is 6.71 Å². The van der Waals surface area contributed by atoms with Crippen LogP contribution in [0.2, 0.25) is 0 Å². The van der Waals surface area contributed by atoms with Crippen LogP contribution in [0.4, 0.5) is 17.1 Å². The first-order chi connectivity index (χ1) is 15.4. The second-order valence-corrected chi connectivity index (χ2v) is 9.46. The highest BCUT2D eigenvalue weighted by atomic mass is 16.5. The van der Waals surface area contributed by atoms with Crippen LogP contribution in [0.3, 0.4) is 0 Å². The lowest BCUT2D eigenvalue weighted by atomic mass is 9.33. The third-order valence-corrected chi connectivity index (χ3v) is 6.78. The molecule has 6 rings (SSSR count). The van der Waals surface area contributed by atoms with Crippen molar-refractivity contribution in [1.29, 1.82) is 0 Å². The van der Waals surface area contributed by atoms with Gasteiger partial charge in [-0.05, 0) is 110 Å². The Morgan fingerprint density at radius 3 is 2.16 bits per heavy atom. The zero-order chi connectivity index (χ0) is 22.1. The van der Waals surface area contributed by atoms with E-state index in [4.69, 9.17) is 4.74 Å². The molecule has 0 N–H and O–H groups in total. The molecule has 0 spiro atoms. The Morgan fingerprint density at radius 1 is 0.625 bits per heavy atom. The van der Waals surface area contributed by atoms with Gasteiger partial charge in [0.2, 0.25) is 0 Å². The minimum Gasteiger partial charge on any atom is -0.458 e. The molecule has 3 heteroatoms. The van der Waals surface area contributed by atoms with E-state index >= 15 is 0 Å². The number of ether oxygens (including phenoxy) is 1. The van der Waals surface area contributed by atoms with Crippen molar-refractivity contribution in [2.45, 2.75) is 34.6 Å². The fourth-order valence-electron chi connectivity index (χ4n) is 5.65. The Hall–Kier alpha value is -3.46. The quantitative estimate of drug-likeness (QED) is 0.323. The van der Waals surface area contributed by atoms with Crippen LogP contribution in [0.1, 0.15) is 27.8 Å². The van der Waals surface area contributed by atoms with Gasteiger partial charge >= 0.3 is 0 Å². The van der Waals surface area contributed by atoms with Gasteiger partial charge in [-0.25, -0.2) is 0 Å². The Labute approximate surface area is 190 Å². The lowest BCUT2D eigenvalue weighted by Gasteiger charge is -2.41. The average molecular weight is 415 g/mol. The van der Waals surface area contributed by atoms with Crippen LogP contribution in [-0.4, -0.2) is 6.71 Å². The van der Waals surface area contributed by atoms with Crippen LogP contribution >= 0.6 is 0 Å². The molecule has 0 radical (unpaired) electrons. The third kappa shape index (κ3) is 2.74. The van der Waals surface area contributed by atoms with Gasteiger partial charge in [0.15, 0.2) is 0 Å². The highest BCUT2D eigenvalue weighted by molar-refractivity contribution is 6.99. The van der Waals surface area contributed by atoms with Gasteiger partial charge in [-0.2, -0.15) is 0 Å². The third-order valence-electron chi connectivity index (χ3n) is 6.78. The summed E-state index contributed by atoms with van der Waals surface area (Å²) < 4.78 is 6.49. The van der Waals surface area contributed by atoms with E-state index in [1.807, 2.05) is 0 Å². The molecular formula is C29H26BNO. The number of benzene rings is 4. The maximum atomic E-state index is 6.49. The number of hydrogen-bond donors (Lipinski definition) is 0. The van der Waals surface area contributed by atoms with Crippen molar-refractivity contribution < 1.29 is 4.74 Å². The fourth-order valence-corrected chi connectivity index (χ4v) is 5.65. The van der Waals surface area contributed by atoms with Crippen molar-refractivity contribution in [2.24, 2.45) is 0 Å². The van der Waals surface area contributed by atoms with E-state index in [0.717, 1.165) is 11.5 Å². The molecule has 2 aliphatic heterocycles. The predicted molar refractivity (Wildman–Crippen MR) is 136 cm³/mol. The van der Waals surface area contributed by atoms with Crippen LogP contribution < -0.4 is 26.0 Å². The number of nitrogens with zero attached hydrogens (tertiary/aromatic N) is 1. The molecule has 4 aromatic carbocycles. The number of rotatable bonds is 1. The van der Waals surface area contributed by atoms with E-state index < -0.39 is 0 Å². The molecule has 0 aromatic heterocycles. The molecule has 0 saturated carbocycles. The second kappa shape index (κ2) is 6.77. The molecule has 2 aliphatic rings. The van der Waals surface area contributed by atoms with Crippen LogP contribution in [0.5, 0.6) is 11.5 Å². The summed E-state index contributed by atoms with van der Waals surface area (Å²) in [6.45, 7) is 11.1. The largest absolute Gasteiger partial charge is 0.458 e. The molecule has 156 valence electrons. The molecule has 0 bridgehead atoms. The van der Waals surface area contributed by atoms with Gasteiger partial charge in [-0.15, -0.1) is 0 Å². The van der Waals surface area contributed by atoms with Gasteiger partial charge in [0, 0.05) is 17.1 Å². The molecule has 32 heavy (non-hydrogen) atoms. The number of fused-ring (bicyclic) bond motifs is 4. The zero-order valence-electron chi connectivity index (χ0n) is 19.3. The first-order valence-electron chi connectivity index (χ1n) is 11.3. The zero-order valence-corrected chi connectivity index (χ0v) is 19.3. The van der Waals surface area contributed by atoms with Gasteiger partial charge in [-0.1, -0.05) is 35.9 Å². The van der Waals surface area contributed by atoms with Gasteiger partial charge in [0.05, 0.1) is 0 Å². The molecule has 0 saturated heterocycles. The topological polar surface area (TPSA) is 12.5 Å². The molecule has 4 aromatic rings. The molecule has 0 fully saturated rings. The molecule has 2 nitrogen and oxygen atoms in total. The summed E-state index contributed by atoms with van der Waals surface area (Å²) in [5.41, 5.74) is 14.0. The summed E-state index contributed by atoms with van der Waals surface area (Å²) in [7, 11) is 0. The van der Waals surface area contributed by atoms with Crippen molar-refractivity contribution in [3.05, 3.63) is 94.5 Å². The minimum absolute atomic E-state index is 0.170. The first-order valence-corrected chi connectivity index (χ1v) is 11.3. The highest BCUT2D eigenvalue weighted by Crippen LogP contribution is 2.41.